The van der Waals surface area contributed by atoms with E-state index in [1.807, 2.05) is 11.3 Å². The van der Waals surface area contributed by atoms with Crippen molar-refractivity contribution in [2.75, 3.05) is 0 Å². The van der Waals surface area contributed by atoms with Crippen molar-refractivity contribution < 1.29 is 0 Å². The van der Waals surface area contributed by atoms with Gasteiger partial charge in [-0.2, -0.15) is 0 Å². The summed E-state index contributed by atoms with van der Waals surface area (Å²) in [4.78, 5) is 6.10. The summed E-state index contributed by atoms with van der Waals surface area (Å²) in [6.07, 6.45) is 0. The third kappa shape index (κ3) is 1.36. The number of thiophene rings is 1. The first-order valence-electron chi connectivity index (χ1n) is 4.45. The predicted octanol–water partition coefficient (Wildman–Crippen LogP) is 3.63. The van der Waals surface area contributed by atoms with E-state index >= 15 is 0 Å². The molecule has 0 aliphatic rings. The van der Waals surface area contributed by atoms with Crippen molar-refractivity contribution in [2.45, 2.75) is 0 Å². The van der Waals surface area contributed by atoms with Crippen molar-refractivity contribution in [1.29, 1.82) is 0 Å². The van der Waals surface area contributed by atoms with Crippen LogP contribution in [0.4, 0.5) is 0 Å². The molecule has 0 nitrogen and oxygen atoms in total. The molecule has 0 atom stereocenters. The molecule has 3 rings (SSSR count). The zero-order chi connectivity index (χ0) is 9.38. The summed E-state index contributed by atoms with van der Waals surface area (Å²) >= 11 is 2.51. The van der Waals surface area contributed by atoms with E-state index in [0.717, 1.165) is 0 Å². The van der Waals surface area contributed by atoms with Gasteiger partial charge in [-0.05, 0) is 0 Å². The van der Waals surface area contributed by atoms with E-state index in [9.17, 15) is 0 Å². The standard InChI is InChI=1S/C12H8SSe/c1-2-4-9(5-3-1)11-6-10-7-14-8-12(10)13-11/h1-8H. The van der Waals surface area contributed by atoms with Gasteiger partial charge in [-0.15, -0.1) is 0 Å². The Labute approximate surface area is 92.6 Å². The Kier molecular flexibility index (Phi) is 2.06. The van der Waals surface area contributed by atoms with Crippen LogP contribution in [0.15, 0.2) is 46.3 Å². The molecule has 0 fully saturated rings. The fourth-order valence-electron chi connectivity index (χ4n) is 1.52. The Morgan fingerprint density at radius 2 is 1.86 bits per heavy atom. The van der Waals surface area contributed by atoms with Crippen LogP contribution >= 0.6 is 11.3 Å². The molecule has 14 heavy (non-hydrogen) atoms. The van der Waals surface area contributed by atoms with Crippen LogP contribution in [-0.2, 0) is 0 Å². The number of hydrogen-bond acceptors (Lipinski definition) is 1. The van der Waals surface area contributed by atoms with E-state index in [-0.39, 0.29) is 0 Å². The van der Waals surface area contributed by atoms with E-state index < -0.39 is 0 Å². The molecule has 0 bridgehead atoms. The third-order valence-electron chi connectivity index (χ3n) is 2.22. The second-order valence-electron chi connectivity index (χ2n) is 3.17. The van der Waals surface area contributed by atoms with Crippen molar-refractivity contribution in [3.63, 3.8) is 0 Å². The number of benzene rings is 1. The van der Waals surface area contributed by atoms with Crippen LogP contribution in [-0.4, -0.2) is 14.5 Å². The molecular formula is C12H8SSe. The molecule has 0 spiro atoms. The van der Waals surface area contributed by atoms with Crippen molar-refractivity contribution in [1.82, 2.24) is 0 Å². The average Bonchev–Trinajstić information content (AvgIpc) is 2.78. The maximum absolute atomic E-state index is 2.36. The van der Waals surface area contributed by atoms with Gasteiger partial charge in [0.15, 0.2) is 0 Å². The summed E-state index contributed by atoms with van der Waals surface area (Å²) in [7, 11) is 0. The van der Waals surface area contributed by atoms with E-state index in [1.165, 1.54) is 20.5 Å². The Hall–Kier alpha value is -0.821. The van der Waals surface area contributed by atoms with Crippen LogP contribution < -0.4 is 0 Å². The molecule has 0 aliphatic carbocycles. The van der Waals surface area contributed by atoms with Crippen LogP contribution in [0.3, 0.4) is 0 Å². The number of rotatable bonds is 1. The first kappa shape index (κ1) is 8.48. The fraction of sp³-hybridized carbons (Fsp3) is 0. The van der Waals surface area contributed by atoms with Crippen LogP contribution in [0, 0.1) is 0 Å². The molecule has 0 saturated heterocycles. The Balaban J connectivity index is 2.19. The molecule has 0 N–H and O–H groups in total. The van der Waals surface area contributed by atoms with Crippen LogP contribution in [0.25, 0.3) is 20.5 Å². The van der Waals surface area contributed by atoms with Gasteiger partial charge in [0.05, 0.1) is 0 Å². The van der Waals surface area contributed by atoms with Gasteiger partial charge >= 0.3 is 92.6 Å². The summed E-state index contributed by atoms with van der Waals surface area (Å²) < 4.78 is 1.46. The van der Waals surface area contributed by atoms with Crippen molar-refractivity contribution in [3.8, 4) is 10.4 Å². The molecule has 0 aliphatic heterocycles. The monoisotopic (exact) mass is 264 g/mol. The molecule has 2 heterocycles. The summed E-state index contributed by atoms with van der Waals surface area (Å²) in [5, 5.41) is 1.44. The van der Waals surface area contributed by atoms with Gasteiger partial charge in [0.25, 0.3) is 0 Å². The van der Waals surface area contributed by atoms with E-state index in [4.69, 9.17) is 0 Å². The topological polar surface area (TPSA) is 0 Å². The molecule has 0 radical (unpaired) electrons. The van der Waals surface area contributed by atoms with Crippen LogP contribution in [0.1, 0.15) is 0 Å². The zero-order valence-electron chi connectivity index (χ0n) is 7.44. The molecule has 0 unspecified atom stereocenters. The maximum atomic E-state index is 2.36. The molecular weight excluding hydrogens is 255 g/mol. The number of hydrogen-bond donors (Lipinski definition) is 0. The van der Waals surface area contributed by atoms with Gasteiger partial charge in [-0.25, -0.2) is 0 Å². The normalized spacial score (nSPS) is 10.9. The molecule has 2 aromatic heterocycles. The van der Waals surface area contributed by atoms with Gasteiger partial charge < -0.3 is 0 Å². The summed E-state index contributed by atoms with van der Waals surface area (Å²) in [6, 6.07) is 12.9. The summed E-state index contributed by atoms with van der Waals surface area (Å²) in [5.41, 5.74) is 1.33. The molecule has 0 saturated carbocycles. The summed E-state index contributed by atoms with van der Waals surface area (Å²) in [5.74, 6) is 0. The van der Waals surface area contributed by atoms with Crippen LogP contribution in [0.5, 0.6) is 0 Å². The van der Waals surface area contributed by atoms with E-state index in [0.29, 0.717) is 14.5 Å². The minimum absolute atomic E-state index is 0.608. The predicted molar refractivity (Wildman–Crippen MR) is 64.2 cm³/mol. The van der Waals surface area contributed by atoms with Gasteiger partial charge in [-0.1, -0.05) is 0 Å². The Bertz CT molecular complexity index is 519. The molecule has 68 valence electrons. The van der Waals surface area contributed by atoms with Gasteiger partial charge in [0.1, 0.15) is 0 Å². The first-order valence-corrected chi connectivity index (χ1v) is 7.24. The van der Waals surface area contributed by atoms with Gasteiger partial charge in [0.2, 0.25) is 0 Å². The Morgan fingerprint density at radius 1 is 1.00 bits per heavy atom. The zero-order valence-corrected chi connectivity index (χ0v) is 9.96. The average molecular weight is 263 g/mol. The second kappa shape index (κ2) is 3.39. The fourth-order valence-corrected chi connectivity index (χ4v) is 4.64. The van der Waals surface area contributed by atoms with Crippen molar-refractivity contribution in [2.24, 2.45) is 0 Å². The van der Waals surface area contributed by atoms with E-state index in [2.05, 4.69) is 46.3 Å². The molecule has 3 aromatic rings. The summed E-state index contributed by atoms with van der Waals surface area (Å²) in [6.45, 7) is 0. The van der Waals surface area contributed by atoms with Crippen LogP contribution in [0.2, 0.25) is 0 Å². The SMILES string of the molecule is c1ccc(-c2cc3c[se]cc3s2)cc1. The van der Waals surface area contributed by atoms with Crippen molar-refractivity contribution >= 4 is 35.9 Å². The first-order chi connectivity index (χ1) is 6.93. The minimum atomic E-state index is 0.608. The molecule has 2 heteroatoms. The van der Waals surface area contributed by atoms with Gasteiger partial charge in [-0.3, -0.25) is 0 Å². The molecule has 0 amide bonds. The van der Waals surface area contributed by atoms with Gasteiger partial charge in [0, 0.05) is 0 Å². The molecule has 1 aromatic carbocycles. The quantitative estimate of drug-likeness (QED) is 0.588. The van der Waals surface area contributed by atoms with Crippen molar-refractivity contribution in [3.05, 3.63) is 46.3 Å². The number of fused-ring (bicyclic) bond motifs is 1. The second-order valence-corrected chi connectivity index (χ2v) is 5.81. The van der Waals surface area contributed by atoms with E-state index in [1.54, 1.807) is 0 Å². The third-order valence-corrected chi connectivity index (χ3v) is 5.30. The Morgan fingerprint density at radius 3 is 2.64 bits per heavy atom.